The maximum Gasteiger partial charge on any atom is 0.369 e. The lowest BCUT2D eigenvalue weighted by Crippen LogP contribution is -2.34. The monoisotopic (exact) mass is 305 g/mol. The summed E-state index contributed by atoms with van der Waals surface area (Å²) in [7, 11) is 0. The van der Waals surface area contributed by atoms with Gasteiger partial charge in [0.05, 0.1) is 10.6 Å². The second-order valence-electron chi connectivity index (χ2n) is 4.49. The van der Waals surface area contributed by atoms with E-state index in [1.165, 1.54) is 19.1 Å². The van der Waals surface area contributed by atoms with Crippen LogP contribution in [0.1, 0.15) is 5.69 Å². The van der Waals surface area contributed by atoms with Crippen molar-refractivity contribution < 1.29 is 9.31 Å². The van der Waals surface area contributed by atoms with Crippen molar-refractivity contribution in [3.63, 3.8) is 0 Å². The summed E-state index contributed by atoms with van der Waals surface area (Å²) in [5.74, 6) is -0.509. The highest BCUT2D eigenvalue weighted by molar-refractivity contribution is 5.65. The van der Waals surface area contributed by atoms with Gasteiger partial charge < -0.3 is 0 Å². The fourth-order valence-electron chi connectivity index (χ4n) is 2.14. The first kappa shape index (κ1) is 13.7. The molecule has 1 N–H and O–H groups in total. The first-order chi connectivity index (χ1) is 10.4. The number of nitrogens with one attached hydrogen (secondary N) is 1. The number of benzene rings is 1. The molecular formula is C12H8FN5O4. The molecule has 0 atom stereocenters. The Balaban J connectivity index is 2.40. The number of aryl methyl sites for hydroxylation is 1. The van der Waals surface area contributed by atoms with E-state index < -0.39 is 33.2 Å². The molecule has 0 saturated carbocycles. The number of rotatable bonds is 2. The number of aromatic nitrogens is 4. The highest BCUT2D eigenvalue weighted by Gasteiger charge is 2.25. The van der Waals surface area contributed by atoms with Crippen molar-refractivity contribution in [1.29, 1.82) is 0 Å². The fraction of sp³-hybridized carbons (Fsp3) is 0.0833. The highest BCUT2D eigenvalue weighted by atomic mass is 19.1. The largest absolute Gasteiger partial charge is 0.369 e. The predicted molar refractivity (Wildman–Crippen MR) is 72.8 cm³/mol. The van der Waals surface area contributed by atoms with Gasteiger partial charge in [0.1, 0.15) is 11.5 Å². The molecule has 0 saturated heterocycles. The van der Waals surface area contributed by atoms with Gasteiger partial charge in [0.2, 0.25) is 5.52 Å². The Kier molecular flexibility index (Phi) is 2.87. The minimum atomic E-state index is -0.851. The van der Waals surface area contributed by atoms with E-state index >= 15 is 0 Å². The Morgan fingerprint density at radius 3 is 2.50 bits per heavy atom. The molecule has 0 amide bonds. The van der Waals surface area contributed by atoms with E-state index in [0.29, 0.717) is 4.52 Å². The van der Waals surface area contributed by atoms with Crippen LogP contribution in [0.5, 0.6) is 0 Å². The second-order valence-corrected chi connectivity index (χ2v) is 4.49. The van der Waals surface area contributed by atoms with Crippen LogP contribution in [0.15, 0.2) is 33.9 Å². The number of H-pyrrole nitrogens is 1. The van der Waals surface area contributed by atoms with Crippen molar-refractivity contribution in [2.45, 2.75) is 6.92 Å². The Hall–Kier alpha value is -3.30. The molecule has 0 bridgehead atoms. The van der Waals surface area contributed by atoms with E-state index in [1.54, 1.807) is 0 Å². The minimum Gasteiger partial charge on any atom is -0.265 e. The normalized spacial score (nSPS) is 11.0. The van der Waals surface area contributed by atoms with E-state index in [9.17, 15) is 24.1 Å². The zero-order valence-electron chi connectivity index (χ0n) is 11.1. The van der Waals surface area contributed by atoms with Crippen LogP contribution in [-0.4, -0.2) is 24.3 Å². The van der Waals surface area contributed by atoms with E-state index in [2.05, 4.69) is 10.2 Å². The number of nitro groups is 1. The van der Waals surface area contributed by atoms with Crippen LogP contribution >= 0.6 is 0 Å². The predicted octanol–water partition coefficient (Wildman–Crippen LogP) is 0.529. The maximum absolute atomic E-state index is 12.9. The number of fused-ring (bicyclic) bond motifs is 1. The molecule has 2 heterocycles. The van der Waals surface area contributed by atoms with Crippen molar-refractivity contribution in [3.8, 4) is 5.69 Å². The van der Waals surface area contributed by atoms with Gasteiger partial charge in [-0.1, -0.05) is 0 Å². The van der Waals surface area contributed by atoms with Gasteiger partial charge in [0.25, 0.3) is 5.56 Å². The van der Waals surface area contributed by atoms with Crippen molar-refractivity contribution in [3.05, 3.63) is 66.7 Å². The third-order valence-corrected chi connectivity index (χ3v) is 3.10. The van der Waals surface area contributed by atoms with Crippen molar-refractivity contribution in [2.75, 3.05) is 0 Å². The quantitative estimate of drug-likeness (QED) is 0.547. The molecule has 0 aliphatic rings. The maximum atomic E-state index is 12.9. The zero-order chi connectivity index (χ0) is 16.0. The van der Waals surface area contributed by atoms with Gasteiger partial charge in [-0.3, -0.25) is 20.0 Å². The topological polar surface area (TPSA) is 115 Å². The second kappa shape index (κ2) is 4.62. The van der Waals surface area contributed by atoms with E-state index in [-0.39, 0.29) is 11.4 Å². The van der Waals surface area contributed by atoms with E-state index in [0.717, 1.165) is 16.8 Å². The molecule has 2 aromatic heterocycles. The van der Waals surface area contributed by atoms with E-state index in [1.807, 2.05) is 0 Å². The van der Waals surface area contributed by atoms with Gasteiger partial charge in [-0.15, -0.1) is 0 Å². The molecule has 9 nitrogen and oxygen atoms in total. The summed E-state index contributed by atoms with van der Waals surface area (Å²) in [6, 6.07) is 4.79. The van der Waals surface area contributed by atoms with Crippen LogP contribution in [0, 0.1) is 22.9 Å². The summed E-state index contributed by atoms with van der Waals surface area (Å²) in [5, 5.41) is 17.0. The summed E-state index contributed by atoms with van der Waals surface area (Å²) in [4.78, 5) is 34.6. The number of aromatic amines is 1. The molecule has 0 aliphatic heterocycles. The Morgan fingerprint density at radius 2 is 1.91 bits per heavy atom. The standard InChI is InChI=1S/C12H8FN5O4/c1-6-9(18(21)22)10-11(19)15-16(12(20)17(10)14-6)8-4-2-7(13)3-5-8/h2-5H,1H3,(H,15,19). The van der Waals surface area contributed by atoms with Crippen LogP contribution in [-0.2, 0) is 0 Å². The van der Waals surface area contributed by atoms with Crippen LogP contribution in [0.25, 0.3) is 11.2 Å². The Morgan fingerprint density at radius 1 is 1.27 bits per heavy atom. The van der Waals surface area contributed by atoms with Gasteiger partial charge >= 0.3 is 11.4 Å². The number of halogens is 1. The summed E-state index contributed by atoms with van der Waals surface area (Å²) in [6.45, 7) is 1.33. The van der Waals surface area contributed by atoms with Crippen LogP contribution in [0.4, 0.5) is 10.1 Å². The fourth-order valence-corrected chi connectivity index (χ4v) is 2.14. The van der Waals surface area contributed by atoms with Crippen LogP contribution in [0.2, 0.25) is 0 Å². The molecule has 0 radical (unpaired) electrons. The number of hydrogen-bond donors (Lipinski definition) is 1. The van der Waals surface area contributed by atoms with Crippen molar-refractivity contribution >= 4 is 11.2 Å². The van der Waals surface area contributed by atoms with Gasteiger partial charge in [-0.2, -0.15) is 9.61 Å². The molecule has 3 aromatic rings. The zero-order valence-corrected chi connectivity index (χ0v) is 11.1. The summed E-state index contributed by atoms with van der Waals surface area (Å²) in [6.07, 6.45) is 0. The summed E-state index contributed by atoms with van der Waals surface area (Å²) >= 11 is 0. The van der Waals surface area contributed by atoms with Gasteiger partial charge in [0, 0.05) is 0 Å². The average molecular weight is 305 g/mol. The third-order valence-electron chi connectivity index (χ3n) is 3.10. The molecule has 112 valence electrons. The smallest absolute Gasteiger partial charge is 0.265 e. The molecule has 0 unspecified atom stereocenters. The molecule has 0 aliphatic carbocycles. The molecule has 22 heavy (non-hydrogen) atoms. The van der Waals surface area contributed by atoms with Crippen molar-refractivity contribution in [2.24, 2.45) is 0 Å². The highest BCUT2D eigenvalue weighted by Crippen LogP contribution is 2.19. The van der Waals surface area contributed by atoms with Gasteiger partial charge in [-0.05, 0) is 31.2 Å². The lowest BCUT2D eigenvalue weighted by molar-refractivity contribution is -0.383. The molecule has 3 rings (SSSR count). The first-order valence-electron chi connectivity index (χ1n) is 6.05. The lowest BCUT2D eigenvalue weighted by Gasteiger charge is -2.05. The Labute approximate surface area is 120 Å². The number of nitrogens with zero attached hydrogens (tertiary/aromatic N) is 4. The van der Waals surface area contributed by atoms with Crippen molar-refractivity contribution in [1.82, 2.24) is 19.4 Å². The summed E-state index contributed by atoms with van der Waals surface area (Å²) in [5.41, 5.74) is -2.48. The van der Waals surface area contributed by atoms with E-state index in [4.69, 9.17) is 0 Å². The van der Waals surface area contributed by atoms with Crippen LogP contribution in [0.3, 0.4) is 0 Å². The number of hydrogen-bond acceptors (Lipinski definition) is 5. The molecular weight excluding hydrogens is 297 g/mol. The SMILES string of the molecule is Cc1nn2c(=O)n(-c3ccc(F)cc3)[nH]c(=O)c2c1[N+](=O)[O-]. The summed E-state index contributed by atoms with van der Waals surface area (Å²) < 4.78 is 14.4. The Bertz CT molecular complexity index is 1010. The van der Waals surface area contributed by atoms with Gasteiger partial charge in [0.15, 0.2) is 0 Å². The lowest BCUT2D eigenvalue weighted by atomic mass is 10.3. The first-order valence-corrected chi connectivity index (χ1v) is 6.05. The van der Waals surface area contributed by atoms with Crippen LogP contribution < -0.4 is 11.2 Å². The molecule has 0 fully saturated rings. The third kappa shape index (κ3) is 1.89. The molecule has 1 aromatic carbocycles. The molecule has 10 heteroatoms. The average Bonchev–Trinajstić information content (AvgIpc) is 2.82. The molecule has 0 spiro atoms. The minimum absolute atomic E-state index is 0.0514. The van der Waals surface area contributed by atoms with Gasteiger partial charge in [-0.25, -0.2) is 13.9 Å².